The largest absolute Gasteiger partial charge is 0.399 e. The summed E-state index contributed by atoms with van der Waals surface area (Å²) in [5.74, 6) is -0.0732. The second-order valence-electron chi connectivity index (χ2n) is 4.78. The fraction of sp³-hybridized carbons (Fsp3) is 0.462. The summed E-state index contributed by atoms with van der Waals surface area (Å²) < 4.78 is 0. The summed E-state index contributed by atoms with van der Waals surface area (Å²) in [4.78, 5) is 11.6. The Balaban J connectivity index is 1.81. The second kappa shape index (κ2) is 4.75. The molecule has 4 N–H and O–H groups in total. The molecule has 1 aromatic rings. The van der Waals surface area contributed by atoms with Crippen molar-refractivity contribution in [3.63, 3.8) is 0 Å². The smallest absolute Gasteiger partial charge is 0.224 e. The van der Waals surface area contributed by atoms with Crippen molar-refractivity contribution < 1.29 is 9.90 Å². The minimum atomic E-state index is -0.661. The van der Waals surface area contributed by atoms with Crippen molar-refractivity contribution in [1.82, 2.24) is 5.32 Å². The molecule has 1 aliphatic rings. The molecule has 0 spiro atoms. The van der Waals surface area contributed by atoms with Crippen LogP contribution in [0.15, 0.2) is 24.3 Å². The second-order valence-corrected chi connectivity index (χ2v) is 4.78. The molecular weight excluding hydrogens is 216 g/mol. The van der Waals surface area contributed by atoms with E-state index in [1.165, 1.54) is 0 Å². The van der Waals surface area contributed by atoms with Crippen LogP contribution in [0.25, 0.3) is 0 Å². The van der Waals surface area contributed by atoms with E-state index in [1.807, 2.05) is 12.1 Å². The number of hydrogen-bond donors (Lipinski definition) is 3. The van der Waals surface area contributed by atoms with Gasteiger partial charge >= 0.3 is 0 Å². The van der Waals surface area contributed by atoms with Gasteiger partial charge < -0.3 is 16.2 Å². The number of nitrogen functional groups attached to an aromatic ring is 1. The van der Waals surface area contributed by atoms with Crippen LogP contribution < -0.4 is 11.1 Å². The van der Waals surface area contributed by atoms with Gasteiger partial charge in [-0.2, -0.15) is 0 Å². The highest BCUT2D eigenvalue weighted by atomic mass is 16.3. The number of rotatable bonds is 4. The Hall–Kier alpha value is -1.55. The highest BCUT2D eigenvalue weighted by Gasteiger charge is 2.34. The van der Waals surface area contributed by atoms with Crippen LogP contribution in [0.2, 0.25) is 0 Å². The fourth-order valence-electron chi connectivity index (χ4n) is 1.98. The van der Waals surface area contributed by atoms with E-state index < -0.39 is 5.60 Å². The first-order valence-electron chi connectivity index (χ1n) is 5.91. The van der Waals surface area contributed by atoms with Crippen molar-refractivity contribution in [2.45, 2.75) is 31.3 Å². The molecule has 0 heterocycles. The zero-order valence-corrected chi connectivity index (χ0v) is 9.78. The van der Waals surface area contributed by atoms with E-state index in [2.05, 4.69) is 5.32 Å². The van der Waals surface area contributed by atoms with Crippen LogP contribution in [-0.2, 0) is 11.2 Å². The van der Waals surface area contributed by atoms with E-state index in [1.54, 1.807) is 12.1 Å². The first-order valence-corrected chi connectivity index (χ1v) is 5.91. The summed E-state index contributed by atoms with van der Waals surface area (Å²) in [7, 11) is 0. The van der Waals surface area contributed by atoms with Gasteiger partial charge in [-0.1, -0.05) is 12.1 Å². The van der Waals surface area contributed by atoms with Gasteiger partial charge in [0.25, 0.3) is 0 Å². The summed E-state index contributed by atoms with van der Waals surface area (Å²) in [5, 5.41) is 12.6. The molecule has 0 unspecified atom stereocenters. The minimum Gasteiger partial charge on any atom is -0.399 e. The van der Waals surface area contributed by atoms with Gasteiger partial charge in [-0.25, -0.2) is 0 Å². The molecule has 0 bridgehead atoms. The minimum absolute atomic E-state index is 0.0732. The molecule has 1 saturated carbocycles. The first kappa shape index (κ1) is 11.9. The molecule has 0 aliphatic heterocycles. The number of hydrogen-bond acceptors (Lipinski definition) is 3. The predicted molar refractivity (Wildman–Crippen MR) is 66.4 cm³/mol. The zero-order chi connectivity index (χ0) is 12.3. The van der Waals surface area contributed by atoms with Crippen molar-refractivity contribution in [3.05, 3.63) is 29.8 Å². The average molecular weight is 234 g/mol. The number of nitrogens with one attached hydrogen (secondary N) is 1. The summed E-state index contributed by atoms with van der Waals surface area (Å²) >= 11 is 0. The van der Waals surface area contributed by atoms with Gasteiger partial charge in [0.2, 0.25) is 5.91 Å². The molecule has 17 heavy (non-hydrogen) atoms. The third-order valence-electron chi connectivity index (χ3n) is 3.21. The van der Waals surface area contributed by atoms with Crippen molar-refractivity contribution in [2.24, 2.45) is 0 Å². The summed E-state index contributed by atoms with van der Waals surface area (Å²) in [6.45, 7) is 0.355. The normalized spacial score (nSPS) is 17.2. The van der Waals surface area contributed by atoms with E-state index in [0.29, 0.717) is 18.7 Å². The lowest BCUT2D eigenvalue weighted by molar-refractivity contribution is -0.122. The maximum atomic E-state index is 11.6. The monoisotopic (exact) mass is 234 g/mol. The fourth-order valence-corrected chi connectivity index (χ4v) is 1.98. The number of anilines is 1. The number of aliphatic hydroxyl groups is 1. The Morgan fingerprint density at radius 3 is 2.82 bits per heavy atom. The van der Waals surface area contributed by atoms with E-state index in [0.717, 1.165) is 24.8 Å². The predicted octanol–water partition coefficient (Wildman–Crippen LogP) is 0.842. The molecule has 1 amide bonds. The first-order chi connectivity index (χ1) is 8.07. The lowest BCUT2D eigenvalue weighted by Gasteiger charge is -2.36. The maximum Gasteiger partial charge on any atom is 0.224 e. The highest BCUT2D eigenvalue weighted by Crippen LogP contribution is 2.30. The third-order valence-corrected chi connectivity index (χ3v) is 3.21. The lowest BCUT2D eigenvalue weighted by atomic mass is 9.80. The van der Waals surface area contributed by atoms with Crippen LogP contribution in [0, 0.1) is 0 Å². The SMILES string of the molecule is Nc1cccc(CC(=O)NCC2(O)CCC2)c1. The molecule has 1 fully saturated rings. The number of carbonyl (C=O) groups excluding carboxylic acids is 1. The molecule has 1 aromatic carbocycles. The Morgan fingerprint density at radius 2 is 2.24 bits per heavy atom. The quantitative estimate of drug-likeness (QED) is 0.676. The molecule has 0 aromatic heterocycles. The highest BCUT2D eigenvalue weighted by molar-refractivity contribution is 5.78. The Kier molecular flexibility index (Phi) is 3.33. The van der Waals surface area contributed by atoms with E-state index in [4.69, 9.17) is 5.73 Å². The molecule has 0 atom stereocenters. The lowest BCUT2D eigenvalue weighted by Crippen LogP contribution is -2.48. The van der Waals surface area contributed by atoms with Crippen LogP contribution >= 0.6 is 0 Å². The van der Waals surface area contributed by atoms with Crippen LogP contribution in [0.4, 0.5) is 5.69 Å². The van der Waals surface area contributed by atoms with E-state index in [9.17, 15) is 9.90 Å². The Labute approximate surface area is 101 Å². The zero-order valence-electron chi connectivity index (χ0n) is 9.78. The van der Waals surface area contributed by atoms with Crippen LogP contribution in [-0.4, -0.2) is 23.2 Å². The van der Waals surface area contributed by atoms with Gasteiger partial charge in [-0.3, -0.25) is 4.79 Å². The summed E-state index contributed by atoms with van der Waals surface area (Å²) in [5.41, 5.74) is 6.53. The topological polar surface area (TPSA) is 75.4 Å². The third kappa shape index (κ3) is 3.20. The molecule has 4 nitrogen and oxygen atoms in total. The van der Waals surface area contributed by atoms with Gasteiger partial charge in [-0.05, 0) is 37.0 Å². The van der Waals surface area contributed by atoms with Gasteiger partial charge in [-0.15, -0.1) is 0 Å². The number of amides is 1. The van der Waals surface area contributed by atoms with Gasteiger partial charge in [0, 0.05) is 12.2 Å². The van der Waals surface area contributed by atoms with Crippen LogP contribution in [0.3, 0.4) is 0 Å². The Bertz CT molecular complexity index is 414. The number of nitrogens with two attached hydrogens (primary N) is 1. The molecule has 0 saturated heterocycles. The molecule has 1 aliphatic carbocycles. The molecule has 4 heteroatoms. The standard InChI is InChI=1S/C13H18N2O2/c14-11-4-1-3-10(7-11)8-12(16)15-9-13(17)5-2-6-13/h1,3-4,7,17H,2,5-6,8-9,14H2,(H,15,16). The number of carbonyl (C=O) groups is 1. The maximum absolute atomic E-state index is 11.6. The Morgan fingerprint density at radius 1 is 1.47 bits per heavy atom. The number of benzene rings is 1. The molecule has 92 valence electrons. The average Bonchev–Trinajstić information content (AvgIpc) is 2.24. The van der Waals surface area contributed by atoms with E-state index >= 15 is 0 Å². The van der Waals surface area contributed by atoms with Gasteiger partial charge in [0.15, 0.2) is 0 Å². The van der Waals surface area contributed by atoms with Crippen LogP contribution in [0.5, 0.6) is 0 Å². The van der Waals surface area contributed by atoms with Crippen LogP contribution in [0.1, 0.15) is 24.8 Å². The van der Waals surface area contributed by atoms with Crippen molar-refractivity contribution in [3.8, 4) is 0 Å². The summed E-state index contributed by atoms with van der Waals surface area (Å²) in [6, 6.07) is 7.28. The van der Waals surface area contributed by atoms with Crippen molar-refractivity contribution in [2.75, 3.05) is 12.3 Å². The molecule has 0 radical (unpaired) electrons. The van der Waals surface area contributed by atoms with E-state index in [-0.39, 0.29) is 5.91 Å². The summed E-state index contributed by atoms with van der Waals surface area (Å²) in [6.07, 6.45) is 2.92. The van der Waals surface area contributed by atoms with Gasteiger partial charge in [0.1, 0.15) is 0 Å². The van der Waals surface area contributed by atoms with Gasteiger partial charge in [0.05, 0.1) is 12.0 Å². The molecule has 2 rings (SSSR count). The molecular formula is C13H18N2O2. The van der Waals surface area contributed by atoms with Crippen molar-refractivity contribution >= 4 is 11.6 Å². The van der Waals surface area contributed by atoms with Crippen molar-refractivity contribution in [1.29, 1.82) is 0 Å².